The van der Waals surface area contributed by atoms with Gasteiger partial charge in [0.15, 0.2) is 0 Å². The van der Waals surface area contributed by atoms with Gasteiger partial charge in [0.1, 0.15) is 11.6 Å². The standard InChI is InChI=1S/C15H20BrF2N/c1-9(2)10-5-7-15(19,8-6-10)13-12(17)4-3-11(16)14(13)18/h3-4,9-10H,5-8,19H2,1-2H3. The first-order valence-electron chi connectivity index (χ1n) is 6.78. The molecule has 1 aliphatic carbocycles. The van der Waals surface area contributed by atoms with Crippen LogP contribution in [0.25, 0.3) is 0 Å². The Hall–Kier alpha value is -0.480. The Kier molecular flexibility index (Phi) is 4.31. The van der Waals surface area contributed by atoms with Gasteiger partial charge >= 0.3 is 0 Å². The molecule has 0 aliphatic heterocycles. The third kappa shape index (κ3) is 2.84. The van der Waals surface area contributed by atoms with E-state index in [1.807, 2.05) is 0 Å². The van der Waals surface area contributed by atoms with Crippen LogP contribution in [0, 0.1) is 23.5 Å². The maximum absolute atomic E-state index is 14.2. The summed E-state index contributed by atoms with van der Waals surface area (Å²) in [6.07, 6.45) is 3.14. The lowest BCUT2D eigenvalue weighted by atomic mass is 9.70. The molecule has 0 bridgehead atoms. The highest BCUT2D eigenvalue weighted by molar-refractivity contribution is 9.10. The second-order valence-corrected chi connectivity index (χ2v) is 6.81. The largest absolute Gasteiger partial charge is 0.321 e. The van der Waals surface area contributed by atoms with E-state index >= 15 is 0 Å². The summed E-state index contributed by atoms with van der Waals surface area (Å²) in [5.41, 5.74) is 5.49. The van der Waals surface area contributed by atoms with E-state index in [2.05, 4.69) is 29.8 Å². The molecule has 0 atom stereocenters. The zero-order chi connectivity index (χ0) is 14.2. The number of rotatable bonds is 2. The summed E-state index contributed by atoms with van der Waals surface area (Å²) in [6, 6.07) is 2.67. The fourth-order valence-corrected chi connectivity index (χ4v) is 3.39. The molecule has 0 spiro atoms. The fourth-order valence-electron chi connectivity index (χ4n) is 3.06. The van der Waals surface area contributed by atoms with Gasteiger partial charge < -0.3 is 5.73 Å². The van der Waals surface area contributed by atoms with Crippen LogP contribution in [-0.2, 0) is 5.54 Å². The van der Waals surface area contributed by atoms with Crippen LogP contribution in [0.2, 0.25) is 0 Å². The van der Waals surface area contributed by atoms with Crippen LogP contribution < -0.4 is 5.73 Å². The summed E-state index contributed by atoms with van der Waals surface area (Å²) in [4.78, 5) is 0. The SMILES string of the molecule is CC(C)C1CCC(N)(c2c(F)ccc(Br)c2F)CC1. The Morgan fingerprint density at radius 1 is 1.26 bits per heavy atom. The van der Waals surface area contributed by atoms with Crippen LogP contribution in [0.3, 0.4) is 0 Å². The maximum Gasteiger partial charge on any atom is 0.145 e. The highest BCUT2D eigenvalue weighted by Crippen LogP contribution is 2.42. The predicted molar refractivity (Wildman–Crippen MR) is 76.7 cm³/mol. The summed E-state index contributed by atoms with van der Waals surface area (Å²) in [5.74, 6) is 0.119. The molecule has 0 radical (unpaired) electrons. The zero-order valence-electron chi connectivity index (χ0n) is 11.3. The molecule has 1 saturated carbocycles. The summed E-state index contributed by atoms with van der Waals surface area (Å²) in [7, 11) is 0. The molecule has 0 unspecified atom stereocenters. The van der Waals surface area contributed by atoms with E-state index in [9.17, 15) is 8.78 Å². The van der Waals surface area contributed by atoms with E-state index in [4.69, 9.17) is 5.73 Å². The van der Waals surface area contributed by atoms with Gasteiger partial charge in [-0.1, -0.05) is 13.8 Å². The van der Waals surface area contributed by atoms with Gasteiger partial charge in [0.05, 0.1) is 4.47 Å². The molecule has 19 heavy (non-hydrogen) atoms. The zero-order valence-corrected chi connectivity index (χ0v) is 12.9. The van der Waals surface area contributed by atoms with Crippen molar-refractivity contribution >= 4 is 15.9 Å². The molecule has 1 aliphatic rings. The fraction of sp³-hybridized carbons (Fsp3) is 0.600. The van der Waals surface area contributed by atoms with Crippen molar-refractivity contribution < 1.29 is 8.78 Å². The normalized spacial score (nSPS) is 27.8. The molecule has 0 heterocycles. The Balaban J connectivity index is 2.30. The van der Waals surface area contributed by atoms with Gasteiger partial charge in [-0.05, 0) is 65.6 Å². The van der Waals surface area contributed by atoms with Gasteiger partial charge in [0.25, 0.3) is 0 Å². The maximum atomic E-state index is 14.2. The number of halogens is 3. The second kappa shape index (κ2) is 5.49. The van der Waals surface area contributed by atoms with Crippen molar-refractivity contribution in [3.05, 3.63) is 33.8 Å². The van der Waals surface area contributed by atoms with Crippen molar-refractivity contribution in [3.8, 4) is 0 Å². The lowest BCUT2D eigenvalue weighted by molar-refractivity contribution is 0.188. The average molecular weight is 332 g/mol. The molecule has 0 aromatic heterocycles. The Morgan fingerprint density at radius 2 is 1.84 bits per heavy atom. The van der Waals surface area contributed by atoms with E-state index in [1.165, 1.54) is 12.1 Å². The van der Waals surface area contributed by atoms with Gasteiger partial charge in [-0.25, -0.2) is 8.78 Å². The van der Waals surface area contributed by atoms with Crippen molar-refractivity contribution in [2.45, 2.75) is 45.1 Å². The van der Waals surface area contributed by atoms with Gasteiger partial charge in [0, 0.05) is 11.1 Å². The topological polar surface area (TPSA) is 26.0 Å². The first-order valence-corrected chi connectivity index (χ1v) is 7.57. The summed E-state index contributed by atoms with van der Waals surface area (Å²) in [5, 5.41) is 0. The van der Waals surface area contributed by atoms with Crippen molar-refractivity contribution in [1.82, 2.24) is 0 Å². The van der Waals surface area contributed by atoms with Crippen LogP contribution in [-0.4, -0.2) is 0 Å². The Bertz CT molecular complexity index is 465. The van der Waals surface area contributed by atoms with E-state index in [-0.39, 0.29) is 10.0 Å². The molecule has 1 nitrogen and oxygen atoms in total. The minimum absolute atomic E-state index is 0.0454. The highest BCUT2D eigenvalue weighted by Gasteiger charge is 2.38. The number of hydrogen-bond acceptors (Lipinski definition) is 1. The smallest absolute Gasteiger partial charge is 0.145 e. The molecule has 2 N–H and O–H groups in total. The quantitative estimate of drug-likeness (QED) is 0.779. The minimum atomic E-state index is -0.872. The predicted octanol–water partition coefficient (Wildman–Crippen LogP) is 4.73. The molecule has 106 valence electrons. The first-order chi connectivity index (χ1) is 8.85. The molecule has 4 heteroatoms. The van der Waals surface area contributed by atoms with Crippen LogP contribution in [0.4, 0.5) is 8.78 Å². The Morgan fingerprint density at radius 3 is 2.37 bits per heavy atom. The highest BCUT2D eigenvalue weighted by atomic mass is 79.9. The number of nitrogens with two attached hydrogens (primary N) is 1. The molecular formula is C15H20BrF2N. The van der Waals surface area contributed by atoms with Gasteiger partial charge in [0.2, 0.25) is 0 Å². The molecule has 1 aromatic rings. The van der Waals surface area contributed by atoms with E-state index in [0.29, 0.717) is 24.7 Å². The third-order valence-electron chi connectivity index (χ3n) is 4.41. The monoisotopic (exact) mass is 331 g/mol. The lowest BCUT2D eigenvalue weighted by Crippen LogP contribution is -2.42. The van der Waals surface area contributed by atoms with Crippen LogP contribution in [0.15, 0.2) is 16.6 Å². The lowest BCUT2D eigenvalue weighted by Gasteiger charge is -2.39. The number of hydrogen-bond donors (Lipinski definition) is 1. The molecule has 1 aromatic carbocycles. The average Bonchev–Trinajstić information content (AvgIpc) is 2.34. The molecule has 2 rings (SSSR count). The van der Waals surface area contributed by atoms with Crippen LogP contribution >= 0.6 is 15.9 Å². The van der Waals surface area contributed by atoms with E-state index in [0.717, 1.165) is 12.8 Å². The molecule has 1 fully saturated rings. The minimum Gasteiger partial charge on any atom is -0.321 e. The first kappa shape index (κ1) is 14.9. The van der Waals surface area contributed by atoms with Crippen molar-refractivity contribution in [2.24, 2.45) is 17.6 Å². The van der Waals surface area contributed by atoms with Crippen molar-refractivity contribution in [1.29, 1.82) is 0 Å². The van der Waals surface area contributed by atoms with Crippen molar-refractivity contribution in [3.63, 3.8) is 0 Å². The van der Waals surface area contributed by atoms with Crippen LogP contribution in [0.1, 0.15) is 45.1 Å². The van der Waals surface area contributed by atoms with Gasteiger partial charge in [-0.15, -0.1) is 0 Å². The van der Waals surface area contributed by atoms with Crippen molar-refractivity contribution in [2.75, 3.05) is 0 Å². The summed E-state index contributed by atoms with van der Waals surface area (Å²) in [6.45, 7) is 4.38. The van der Waals surface area contributed by atoms with Gasteiger partial charge in [-0.3, -0.25) is 0 Å². The third-order valence-corrected chi connectivity index (χ3v) is 5.02. The van der Waals surface area contributed by atoms with Crippen LogP contribution in [0.5, 0.6) is 0 Å². The molecule has 0 saturated heterocycles. The Labute approximate surface area is 121 Å². The van der Waals surface area contributed by atoms with E-state index in [1.54, 1.807) is 0 Å². The van der Waals surface area contributed by atoms with E-state index < -0.39 is 17.2 Å². The molecule has 0 amide bonds. The molecular weight excluding hydrogens is 312 g/mol. The number of benzene rings is 1. The second-order valence-electron chi connectivity index (χ2n) is 5.96. The summed E-state index contributed by atoms with van der Waals surface area (Å²) < 4.78 is 28.4. The van der Waals surface area contributed by atoms with Gasteiger partial charge in [-0.2, -0.15) is 0 Å². The summed E-state index contributed by atoms with van der Waals surface area (Å²) >= 11 is 3.11.